The Bertz CT molecular complexity index is 540. The van der Waals surface area contributed by atoms with E-state index in [-0.39, 0.29) is 4.90 Å². The van der Waals surface area contributed by atoms with Crippen LogP contribution in [0.1, 0.15) is 16.7 Å². The lowest BCUT2D eigenvalue weighted by Gasteiger charge is -2.14. The van der Waals surface area contributed by atoms with Crippen molar-refractivity contribution < 1.29 is 18.3 Å². The third kappa shape index (κ3) is 2.48. The molecule has 0 bridgehead atoms. The summed E-state index contributed by atoms with van der Waals surface area (Å²) in [5.74, 6) is -1.55. The highest BCUT2D eigenvalue weighted by molar-refractivity contribution is 7.92. The second-order valence-corrected chi connectivity index (χ2v) is 6.04. The molecule has 1 aromatic carbocycles. The second kappa shape index (κ2) is 4.46. The number of benzene rings is 1. The monoisotopic (exact) mass is 257 g/mol. The highest BCUT2D eigenvalue weighted by Gasteiger charge is 2.32. The zero-order valence-corrected chi connectivity index (χ0v) is 10.7. The molecule has 0 saturated heterocycles. The van der Waals surface area contributed by atoms with Crippen LogP contribution in [0.4, 0.5) is 0 Å². The fourth-order valence-electron chi connectivity index (χ4n) is 1.88. The molecular weight excluding hydrogens is 242 g/mol. The van der Waals surface area contributed by atoms with Crippen molar-refractivity contribution in [2.45, 2.75) is 31.0 Å². The van der Waals surface area contributed by atoms with E-state index in [1.54, 1.807) is 26.0 Å². The summed E-state index contributed by atoms with van der Waals surface area (Å²) in [6.07, 6.45) is 0. The molecule has 0 aliphatic carbocycles. The number of hydrogen-bond donors (Lipinski definition) is 2. The smallest absolute Gasteiger partial charge is 0.336 e. The third-order valence-electron chi connectivity index (χ3n) is 2.47. The second-order valence-electron chi connectivity index (χ2n) is 4.03. The van der Waals surface area contributed by atoms with E-state index in [0.29, 0.717) is 11.1 Å². The molecule has 0 aromatic heterocycles. The van der Waals surface area contributed by atoms with Gasteiger partial charge in [0.15, 0.2) is 0 Å². The van der Waals surface area contributed by atoms with Gasteiger partial charge in [-0.05, 0) is 31.9 Å². The molecule has 6 heteroatoms. The van der Waals surface area contributed by atoms with E-state index in [9.17, 15) is 13.2 Å². The number of carboxylic acid groups (broad SMARTS) is 1. The first kappa shape index (κ1) is 13.7. The van der Waals surface area contributed by atoms with E-state index < -0.39 is 21.2 Å². The molecule has 5 nitrogen and oxygen atoms in total. The van der Waals surface area contributed by atoms with Gasteiger partial charge in [0.1, 0.15) is 0 Å². The molecule has 0 aliphatic rings. The Kier molecular flexibility index (Phi) is 3.59. The first-order chi connectivity index (χ1) is 7.67. The summed E-state index contributed by atoms with van der Waals surface area (Å²) in [5, 5.41) is 6.78. The molecule has 1 rings (SSSR count). The van der Waals surface area contributed by atoms with E-state index in [1.807, 2.05) is 6.92 Å². The van der Waals surface area contributed by atoms with Gasteiger partial charge < -0.3 is 10.8 Å². The Labute approximate surface area is 100 Å². The SMILES string of the molecule is Cc1cc(C)c(S(=O)(=O)C(N)C(=O)O)c(C)c1. The maximum absolute atomic E-state index is 12.0. The molecule has 3 N–H and O–H groups in total. The van der Waals surface area contributed by atoms with Crippen LogP contribution in [-0.4, -0.2) is 24.9 Å². The summed E-state index contributed by atoms with van der Waals surface area (Å²) in [6, 6.07) is 3.38. The minimum Gasteiger partial charge on any atom is -0.479 e. The van der Waals surface area contributed by atoms with Crippen LogP contribution in [-0.2, 0) is 14.6 Å². The van der Waals surface area contributed by atoms with Crippen LogP contribution in [0.2, 0.25) is 0 Å². The topological polar surface area (TPSA) is 97.5 Å². The van der Waals surface area contributed by atoms with Crippen LogP contribution in [0.15, 0.2) is 17.0 Å². The van der Waals surface area contributed by atoms with E-state index in [1.165, 1.54) is 0 Å². The van der Waals surface area contributed by atoms with E-state index >= 15 is 0 Å². The van der Waals surface area contributed by atoms with E-state index in [4.69, 9.17) is 10.8 Å². The average Bonchev–Trinajstić information content (AvgIpc) is 2.13. The predicted octanol–water partition coefficient (Wildman–Crippen LogP) is 0.755. The quantitative estimate of drug-likeness (QED) is 0.833. The Hall–Kier alpha value is -1.40. The normalized spacial score (nSPS) is 13.4. The van der Waals surface area contributed by atoms with E-state index in [2.05, 4.69) is 0 Å². The summed E-state index contributed by atoms with van der Waals surface area (Å²) < 4.78 is 24.0. The van der Waals surface area contributed by atoms with Crippen LogP contribution in [0, 0.1) is 20.8 Å². The standard InChI is InChI=1S/C11H15NO4S/c1-6-4-7(2)9(8(3)5-6)17(15,16)10(12)11(13)14/h4-5,10H,12H2,1-3H3,(H,13,14). The molecule has 1 aromatic rings. The Morgan fingerprint density at radius 1 is 1.24 bits per heavy atom. The fourth-order valence-corrected chi connectivity index (χ4v) is 3.41. The lowest BCUT2D eigenvalue weighted by atomic mass is 10.1. The molecule has 0 radical (unpaired) electrons. The van der Waals surface area contributed by atoms with E-state index in [0.717, 1.165) is 5.56 Å². The number of carboxylic acids is 1. The predicted molar refractivity (Wildman–Crippen MR) is 63.5 cm³/mol. The Morgan fingerprint density at radius 2 is 1.65 bits per heavy atom. The number of sulfone groups is 1. The van der Waals surface area contributed by atoms with Crippen molar-refractivity contribution in [2.24, 2.45) is 5.73 Å². The zero-order chi connectivity index (χ0) is 13.4. The molecule has 0 saturated carbocycles. The number of nitrogens with two attached hydrogens (primary N) is 1. The number of aliphatic carboxylic acids is 1. The molecule has 0 spiro atoms. The summed E-state index contributed by atoms with van der Waals surface area (Å²) in [6.45, 7) is 5.09. The summed E-state index contributed by atoms with van der Waals surface area (Å²) in [7, 11) is -4.04. The largest absolute Gasteiger partial charge is 0.479 e. The van der Waals surface area contributed by atoms with Crippen molar-refractivity contribution in [1.82, 2.24) is 0 Å². The summed E-state index contributed by atoms with van der Waals surface area (Å²) in [4.78, 5) is 10.7. The fraction of sp³-hybridized carbons (Fsp3) is 0.364. The Morgan fingerprint density at radius 3 is 2.00 bits per heavy atom. The maximum Gasteiger partial charge on any atom is 0.336 e. The molecule has 17 heavy (non-hydrogen) atoms. The highest BCUT2D eigenvalue weighted by atomic mass is 32.2. The van der Waals surface area contributed by atoms with Crippen molar-refractivity contribution in [3.8, 4) is 0 Å². The van der Waals surface area contributed by atoms with Crippen LogP contribution in [0.5, 0.6) is 0 Å². The van der Waals surface area contributed by atoms with Gasteiger partial charge in [-0.25, -0.2) is 13.2 Å². The van der Waals surface area contributed by atoms with Crippen LogP contribution in [0.3, 0.4) is 0 Å². The van der Waals surface area contributed by atoms with Gasteiger partial charge in [-0.3, -0.25) is 0 Å². The van der Waals surface area contributed by atoms with Gasteiger partial charge in [-0.15, -0.1) is 0 Å². The molecule has 0 heterocycles. The summed E-state index contributed by atoms with van der Waals surface area (Å²) in [5.41, 5.74) is 7.16. The van der Waals surface area contributed by atoms with Gasteiger partial charge in [-0.1, -0.05) is 17.7 Å². The van der Waals surface area contributed by atoms with Crippen molar-refractivity contribution in [2.75, 3.05) is 0 Å². The summed E-state index contributed by atoms with van der Waals surface area (Å²) >= 11 is 0. The van der Waals surface area contributed by atoms with Gasteiger partial charge in [0.25, 0.3) is 0 Å². The van der Waals surface area contributed by atoms with Gasteiger partial charge in [-0.2, -0.15) is 0 Å². The number of hydrogen-bond acceptors (Lipinski definition) is 4. The van der Waals surface area contributed by atoms with Crippen molar-refractivity contribution in [1.29, 1.82) is 0 Å². The number of rotatable bonds is 3. The van der Waals surface area contributed by atoms with Crippen molar-refractivity contribution in [3.63, 3.8) is 0 Å². The van der Waals surface area contributed by atoms with Gasteiger partial charge >= 0.3 is 5.97 Å². The van der Waals surface area contributed by atoms with Crippen LogP contribution >= 0.6 is 0 Å². The molecule has 0 fully saturated rings. The lowest BCUT2D eigenvalue weighted by molar-refractivity contribution is -0.136. The first-order valence-corrected chi connectivity index (χ1v) is 6.52. The van der Waals surface area contributed by atoms with Gasteiger partial charge in [0.05, 0.1) is 4.90 Å². The molecule has 1 unspecified atom stereocenters. The Balaban J connectivity index is 3.50. The number of carbonyl (C=O) groups is 1. The zero-order valence-electron chi connectivity index (χ0n) is 9.89. The number of aryl methyl sites for hydroxylation is 3. The van der Waals surface area contributed by atoms with Gasteiger partial charge in [0, 0.05) is 0 Å². The van der Waals surface area contributed by atoms with Gasteiger partial charge in [0.2, 0.25) is 15.2 Å². The molecular formula is C11H15NO4S. The maximum atomic E-state index is 12.0. The van der Waals surface area contributed by atoms with Crippen molar-refractivity contribution >= 4 is 15.8 Å². The van der Waals surface area contributed by atoms with Crippen LogP contribution < -0.4 is 5.73 Å². The molecule has 0 aliphatic heterocycles. The van der Waals surface area contributed by atoms with Crippen LogP contribution in [0.25, 0.3) is 0 Å². The third-order valence-corrected chi connectivity index (χ3v) is 4.55. The average molecular weight is 257 g/mol. The molecule has 1 atom stereocenters. The molecule has 0 amide bonds. The lowest BCUT2D eigenvalue weighted by Crippen LogP contribution is -2.39. The first-order valence-electron chi connectivity index (χ1n) is 4.98. The highest BCUT2D eigenvalue weighted by Crippen LogP contribution is 2.24. The molecule has 94 valence electrons. The van der Waals surface area contributed by atoms with Crippen molar-refractivity contribution in [3.05, 3.63) is 28.8 Å². The minimum atomic E-state index is -4.04. The minimum absolute atomic E-state index is 0.0120.